The zero-order chi connectivity index (χ0) is 30.0. The van der Waals surface area contributed by atoms with E-state index in [1.54, 1.807) is 0 Å². The van der Waals surface area contributed by atoms with Gasteiger partial charge in [-0.15, -0.1) is 0 Å². The largest absolute Gasteiger partial charge is 0.334 e. The van der Waals surface area contributed by atoms with Gasteiger partial charge in [-0.25, -0.2) is 9.59 Å². The molecule has 1 saturated heterocycles. The van der Waals surface area contributed by atoms with Gasteiger partial charge in [0.2, 0.25) is 0 Å². The molecule has 3 aromatic carbocycles. The Bertz CT molecular complexity index is 1280. The molecular weight excluding hydrogens is 534 g/mol. The molecule has 5 rings (SSSR count). The topological polar surface area (TPSA) is 67.9 Å². The third kappa shape index (κ3) is 8.17. The summed E-state index contributed by atoms with van der Waals surface area (Å²) in [5, 5.41) is 6.21. The fraction of sp³-hybridized carbons (Fsp3) is 0.444. The molecule has 0 bridgehead atoms. The van der Waals surface area contributed by atoms with E-state index in [2.05, 4.69) is 57.7 Å². The van der Waals surface area contributed by atoms with Crippen molar-refractivity contribution in [3.63, 3.8) is 0 Å². The van der Waals surface area contributed by atoms with Crippen molar-refractivity contribution in [2.45, 2.75) is 63.6 Å². The van der Waals surface area contributed by atoms with E-state index in [0.29, 0.717) is 18.4 Å². The summed E-state index contributed by atoms with van der Waals surface area (Å²) in [6.45, 7) is 6.48. The van der Waals surface area contributed by atoms with E-state index >= 15 is 0 Å². The Morgan fingerprint density at radius 3 is 2.09 bits per heavy atom. The van der Waals surface area contributed by atoms with Crippen LogP contribution in [0.5, 0.6) is 0 Å². The molecule has 7 nitrogen and oxygen atoms in total. The minimum absolute atomic E-state index is 0.0451. The minimum Gasteiger partial charge on any atom is -0.334 e. The summed E-state index contributed by atoms with van der Waals surface area (Å²) < 4.78 is 0. The van der Waals surface area contributed by atoms with E-state index in [9.17, 15) is 9.59 Å². The third-order valence-electron chi connectivity index (χ3n) is 9.29. The first-order valence-corrected chi connectivity index (χ1v) is 16.0. The fourth-order valence-electron chi connectivity index (χ4n) is 6.93. The molecule has 1 saturated carbocycles. The van der Waals surface area contributed by atoms with E-state index in [-0.39, 0.29) is 24.1 Å². The van der Waals surface area contributed by atoms with Crippen LogP contribution in [0.25, 0.3) is 0 Å². The van der Waals surface area contributed by atoms with Crippen molar-refractivity contribution in [3.05, 3.63) is 102 Å². The second kappa shape index (κ2) is 15.1. The van der Waals surface area contributed by atoms with E-state index in [0.717, 1.165) is 69.5 Å². The minimum atomic E-state index is -0.0500. The number of nitrogens with zero attached hydrogens (tertiary/aromatic N) is 3. The summed E-state index contributed by atoms with van der Waals surface area (Å²) in [7, 11) is 1.93. The Hall–Kier alpha value is -3.84. The molecule has 7 heteroatoms. The highest BCUT2D eigenvalue weighted by Crippen LogP contribution is 2.42. The van der Waals surface area contributed by atoms with Gasteiger partial charge in [-0.2, -0.15) is 0 Å². The number of carbonyl (C=O) groups is 2. The Balaban J connectivity index is 1.18. The van der Waals surface area contributed by atoms with Crippen molar-refractivity contribution in [2.75, 3.05) is 38.5 Å². The van der Waals surface area contributed by atoms with Gasteiger partial charge < -0.3 is 25.3 Å². The van der Waals surface area contributed by atoms with Gasteiger partial charge in [0.1, 0.15) is 0 Å². The number of anilines is 1. The highest BCUT2D eigenvalue weighted by atomic mass is 16.2. The average Bonchev–Trinajstić information content (AvgIpc) is 3.47. The van der Waals surface area contributed by atoms with E-state index in [4.69, 9.17) is 0 Å². The van der Waals surface area contributed by atoms with Crippen LogP contribution in [0.4, 0.5) is 15.3 Å². The smallest absolute Gasteiger partial charge is 0.321 e. The van der Waals surface area contributed by atoms with Crippen LogP contribution in [0.2, 0.25) is 0 Å². The second-order valence-electron chi connectivity index (χ2n) is 12.2. The molecule has 3 unspecified atom stereocenters. The molecule has 3 aromatic rings. The van der Waals surface area contributed by atoms with Crippen LogP contribution >= 0.6 is 0 Å². The number of piperidine rings is 1. The van der Waals surface area contributed by atoms with Gasteiger partial charge in [0.15, 0.2) is 0 Å². The molecule has 4 amide bonds. The first-order chi connectivity index (χ1) is 21.0. The maximum atomic E-state index is 13.2. The van der Waals surface area contributed by atoms with E-state index < -0.39 is 0 Å². The molecule has 2 fully saturated rings. The number of likely N-dealkylation sites (tertiary alicyclic amines) is 1. The quantitative estimate of drug-likeness (QED) is 0.277. The Morgan fingerprint density at radius 1 is 0.814 bits per heavy atom. The molecule has 0 radical (unpaired) electrons. The maximum absolute atomic E-state index is 13.2. The van der Waals surface area contributed by atoms with E-state index in [1.165, 1.54) is 5.56 Å². The molecule has 1 heterocycles. The Morgan fingerprint density at radius 2 is 1.44 bits per heavy atom. The predicted molar refractivity (Wildman–Crippen MR) is 174 cm³/mol. The van der Waals surface area contributed by atoms with Gasteiger partial charge in [-0.1, -0.05) is 85.8 Å². The lowest BCUT2D eigenvalue weighted by atomic mass is 9.88. The molecule has 43 heavy (non-hydrogen) atoms. The zero-order valence-corrected chi connectivity index (χ0v) is 25.7. The van der Waals surface area contributed by atoms with Crippen LogP contribution in [0.3, 0.4) is 0 Å². The number of hydrogen-bond acceptors (Lipinski definition) is 3. The Kier molecular flexibility index (Phi) is 10.7. The zero-order valence-electron chi connectivity index (χ0n) is 25.7. The number of benzene rings is 3. The number of para-hydroxylation sites is 1. The molecule has 1 aliphatic heterocycles. The average molecular weight is 582 g/mol. The van der Waals surface area contributed by atoms with Crippen molar-refractivity contribution in [2.24, 2.45) is 5.92 Å². The van der Waals surface area contributed by atoms with Crippen LogP contribution in [0.1, 0.15) is 56.1 Å². The van der Waals surface area contributed by atoms with E-state index in [1.807, 2.05) is 72.6 Å². The maximum Gasteiger partial charge on any atom is 0.321 e. The number of nitrogens with one attached hydrogen (secondary N) is 2. The lowest BCUT2D eigenvalue weighted by Gasteiger charge is -2.39. The van der Waals surface area contributed by atoms with Gasteiger partial charge in [0.25, 0.3) is 0 Å². The molecular formula is C36H47N5O2. The van der Waals surface area contributed by atoms with Gasteiger partial charge in [-0.05, 0) is 67.2 Å². The van der Waals surface area contributed by atoms with Crippen molar-refractivity contribution in [1.29, 1.82) is 0 Å². The molecule has 1 aliphatic carbocycles. The van der Waals surface area contributed by atoms with Gasteiger partial charge >= 0.3 is 12.1 Å². The lowest BCUT2D eigenvalue weighted by Crippen LogP contribution is -2.51. The summed E-state index contributed by atoms with van der Waals surface area (Å²) >= 11 is 0. The van der Waals surface area contributed by atoms with Crippen molar-refractivity contribution < 1.29 is 9.59 Å². The Labute approximate surface area is 257 Å². The standard InChI is InChI=1S/C36H47N5O2/c1-3-21-41(35(42)37-26-28-13-7-4-8-14-28)32-19-22-40(23-20-32)27-30-24-33(25-34(30)29-15-9-5-10-16-29)39(2)36(43)38-31-17-11-6-12-18-31/h4-18,30,32-34H,3,19-27H2,1-2H3,(H,37,42)(H,38,43). The highest BCUT2D eigenvalue weighted by Gasteiger charge is 2.40. The summed E-state index contributed by atoms with van der Waals surface area (Å²) in [4.78, 5) is 32.9. The first-order valence-electron chi connectivity index (χ1n) is 16.0. The van der Waals surface area contributed by atoms with Crippen molar-refractivity contribution in [3.8, 4) is 0 Å². The molecule has 3 atom stereocenters. The summed E-state index contributed by atoms with van der Waals surface area (Å²) in [6, 6.07) is 31.1. The predicted octanol–water partition coefficient (Wildman–Crippen LogP) is 6.80. The molecule has 2 aliphatic rings. The number of amides is 4. The monoisotopic (exact) mass is 581 g/mol. The lowest BCUT2D eigenvalue weighted by molar-refractivity contribution is 0.109. The van der Waals surface area contributed by atoms with Gasteiger partial charge in [-0.3, -0.25) is 0 Å². The second-order valence-corrected chi connectivity index (χ2v) is 12.2. The SMILES string of the molecule is CCCN(C(=O)NCc1ccccc1)C1CCN(CC2CC(N(C)C(=O)Nc3ccccc3)CC2c2ccccc2)CC1. The molecule has 0 aromatic heterocycles. The summed E-state index contributed by atoms with van der Waals surface area (Å²) in [5.74, 6) is 0.882. The number of hydrogen-bond donors (Lipinski definition) is 2. The summed E-state index contributed by atoms with van der Waals surface area (Å²) in [5.41, 5.74) is 3.31. The van der Waals surface area contributed by atoms with Crippen LogP contribution in [-0.4, -0.2) is 72.1 Å². The van der Waals surface area contributed by atoms with Crippen LogP contribution in [0.15, 0.2) is 91.0 Å². The summed E-state index contributed by atoms with van der Waals surface area (Å²) in [6.07, 6.45) is 4.89. The number of urea groups is 2. The molecule has 0 spiro atoms. The number of rotatable bonds is 10. The van der Waals surface area contributed by atoms with Gasteiger partial charge in [0, 0.05) is 57.5 Å². The highest BCUT2D eigenvalue weighted by molar-refractivity contribution is 5.89. The molecule has 228 valence electrons. The fourth-order valence-corrected chi connectivity index (χ4v) is 6.93. The van der Waals surface area contributed by atoms with Crippen molar-refractivity contribution >= 4 is 17.7 Å². The van der Waals surface area contributed by atoms with Crippen LogP contribution in [0, 0.1) is 5.92 Å². The van der Waals surface area contributed by atoms with Crippen molar-refractivity contribution in [1.82, 2.24) is 20.0 Å². The molecule has 2 N–H and O–H groups in total. The van der Waals surface area contributed by atoms with Crippen LogP contribution < -0.4 is 10.6 Å². The third-order valence-corrected chi connectivity index (χ3v) is 9.29. The van der Waals surface area contributed by atoms with Crippen LogP contribution in [-0.2, 0) is 6.54 Å². The first kappa shape index (κ1) is 30.6. The normalized spacial score (nSPS) is 20.8. The number of carbonyl (C=O) groups excluding carboxylic acids is 2. The van der Waals surface area contributed by atoms with Gasteiger partial charge in [0.05, 0.1) is 0 Å².